The van der Waals surface area contributed by atoms with Crippen LogP contribution < -0.4 is 0 Å². The Balaban J connectivity index is 1.88. The summed E-state index contributed by atoms with van der Waals surface area (Å²) >= 11 is 1.63. The van der Waals surface area contributed by atoms with E-state index >= 15 is 0 Å². The maximum atomic E-state index is 11.4. The summed E-state index contributed by atoms with van der Waals surface area (Å²) in [4.78, 5) is 17.0. The average molecular weight is 295 g/mol. The van der Waals surface area contributed by atoms with Crippen molar-refractivity contribution in [3.8, 4) is 21.0 Å². The maximum absolute atomic E-state index is 11.4. The quantitative estimate of drug-likeness (QED) is 0.678. The molecule has 0 bridgehead atoms. The summed E-state index contributed by atoms with van der Waals surface area (Å²) in [7, 11) is 1.38. The van der Waals surface area contributed by atoms with Crippen LogP contribution in [0.5, 0.6) is 0 Å². The van der Waals surface area contributed by atoms with Crippen LogP contribution in [-0.2, 0) is 4.74 Å². The van der Waals surface area contributed by atoms with E-state index in [-0.39, 0.29) is 5.97 Å². The van der Waals surface area contributed by atoms with Crippen molar-refractivity contribution < 1.29 is 9.53 Å². The van der Waals surface area contributed by atoms with Crippen molar-refractivity contribution in [3.63, 3.8) is 0 Å². The van der Waals surface area contributed by atoms with E-state index in [1.165, 1.54) is 7.11 Å². The molecule has 3 rings (SSSR count). The maximum Gasteiger partial charge on any atom is 0.337 e. The van der Waals surface area contributed by atoms with E-state index in [0.29, 0.717) is 5.56 Å². The van der Waals surface area contributed by atoms with Gasteiger partial charge in [-0.3, -0.25) is 0 Å². The lowest BCUT2D eigenvalue weighted by molar-refractivity contribution is 0.0601. The van der Waals surface area contributed by atoms with Crippen molar-refractivity contribution in [3.05, 3.63) is 66.4 Å². The molecule has 0 fully saturated rings. The van der Waals surface area contributed by atoms with Gasteiger partial charge in [-0.2, -0.15) is 0 Å². The summed E-state index contributed by atoms with van der Waals surface area (Å²) in [6, 6.07) is 17.4. The Hall–Kier alpha value is -2.46. The number of hydrogen-bond acceptors (Lipinski definition) is 4. The zero-order valence-electron chi connectivity index (χ0n) is 11.4. The average Bonchev–Trinajstić information content (AvgIpc) is 3.05. The highest BCUT2D eigenvalue weighted by atomic mass is 32.1. The fraction of sp³-hybridized carbons (Fsp3) is 0.0588. The Morgan fingerprint density at radius 1 is 1.00 bits per heavy atom. The van der Waals surface area contributed by atoms with E-state index in [2.05, 4.69) is 17.1 Å². The second kappa shape index (κ2) is 5.89. The fourth-order valence-electron chi connectivity index (χ4n) is 2.01. The van der Waals surface area contributed by atoms with Crippen molar-refractivity contribution in [1.29, 1.82) is 0 Å². The number of aromatic nitrogens is 1. The van der Waals surface area contributed by atoms with Gasteiger partial charge in [-0.05, 0) is 17.7 Å². The normalized spacial score (nSPS) is 10.3. The molecule has 0 aliphatic heterocycles. The van der Waals surface area contributed by atoms with Crippen LogP contribution in [0, 0.1) is 0 Å². The van der Waals surface area contributed by atoms with Gasteiger partial charge in [-0.25, -0.2) is 9.78 Å². The molecule has 4 heteroatoms. The largest absolute Gasteiger partial charge is 0.465 e. The Kier molecular flexibility index (Phi) is 3.79. The summed E-state index contributed by atoms with van der Waals surface area (Å²) in [6.07, 6.45) is 1.88. The Morgan fingerprint density at radius 2 is 1.71 bits per heavy atom. The van der Waals surface area contributed by atoms with Gasteiger partial charge in [0.25, 0.3) is 0 Å². The third-order valence-electron chi connectivity index (χ3n) is 3.12. The van der Waals surface area contributed by atoms with Gasteiger partial charge in [0.1, 0.15) is 5.01 Å². The molecule has 2 aromatic carbocycles. The number of carbonyl (C=O) groups is 1. The van der Waals surface area contributed by atoms with Crippen LogP contribution in [0.2, 0.25) is 0 Å². The number of nitrogens with zero attached hydrogens (tertiary/aromatic N) is 1. The summed E-state index contributed by atoms with van der Waals surface area (Å²) in [5.74, 6) is -0.328. The number of esters is 1. The van der Waals surface area contributed by atoms with E-state index in [1.807, 2.05) is 36.5 Å². The van der Waals surface area contributed by atoms with E-state index in [0.717, 1.165) is 21.0 Å². The van der Waals surface area contributed by atoms with Gasteiger partial charge in [0.2, 0.25) is 0 Å². The Morgan fingerprint density at radius 3 is 2.38 bits per heavy atom. The molecule has 0 spiro atoms. The summed E-state index contributed by atoms with van der Waals surface area (Å²) in [6.45, 7) is 0. The third-order valence-corrected chi connectivity index (χ3v) is 4.21. The van der Waals surface area contributed by atoms with E-state index in [4.69, 9.17) is 4.74 Å². The van der Waals surface area contributed by atoms with Gasteiger partial charge in [0.15, 0.2) is 0 Å². The SMILES string of the molecule is COC(=O)c1ccc(-c2ncc(-c3ccccc3)s2)cc1. The Labute approximate surface area is 126 Å². The van der Waals surface area contributed by atoms with Crippen molar-refractivity contribution in [1.82, 2.24) is 4.98 Å². The smallest absolute Gasteiger partial charge is 0.337 e. The predicted molar refractivity (Wildman–Crippen MR) is 84.3 cm³/mol. The van der Waals surface area contributed by atoms with Gasteiger partial charge in [-0.15, -0.1) is 11.3 Å². The first-order valence-corrected chi connectivity index (χ1v) is 7.29. The second-order valence-electron chi connectivity index (χ2n) is 4.46. The monoisotopic (exact) mass is 295 g/mol. The highest BCUT2D eigenvalue weighted by Gasteiger charge is 2.08. The number of benzene rings is 2. The van der Waals surface area contributed by atoms with E-state index in [1.54, 1.807) is 23.5 Å². The van der Waals surface area contributed by atoms with Crippen LogP contribution in [0.25, 0.3) is 21.0 Å². The minimum atomic E-state index is -0.328. The molecule has 0 radical (unpaired) electrons. The molecular formula is C17H13NO2S. The van der Waals surface area contributed by atoms with Gasteiger partial charge in [0.05, 0.1) is 17.6 Å². The predicted octanol–water partition coefficient (Wildman–Crippen LogP) is 4.26. The molecule has 0 N–H and O–H groups in total. The van der Waals surface area contributed by atoms with Crippen LogP contribution in [0.15, 0.2) is 60.8 Å². The number of rotatable bonds is 3. The standard InChI is InChI=1S/C17H13NO2S/c1-20-17(19)14-9-7-13(8-10-14)16-18-11-15(21-16)12-5-3-2-4-6-12/h2-11H,1H3. The molecular weight excluding hydrogens is 282 g/mol. The Bertz CT molecular complexity index is 748. The van der Waals surface area contributed by atoms with Gasteiger partial charge in [-0.1, -0.05) is 42.5 Å². The number of methoxy groups -OCH3 is 1. The molecule has 0 unspecified atom stereocenters. The molecule has 21 heavy (non-hydrogen) atoms. The van der Waals surface area contributed by atoms with E-state index < -0.39 is 0 Å². The van der Waals surface area contributed by atoms with Crippen LogP contribution in [0.4, 0.5) is 0 Å². The molecule has 0 atom stereocenters. The number of hydrogen-bond donors (Lipinski definition) is 0. The van der Waals surface area contributed by atoms with Crippen LogP contribution in [-0.4, -0.2) is 18.1 Å². The third kappa shape index (κ3) is 2.85. The van der Waals surface area contributed by atoms with Crippen LogP contribution in [0.3, 0.4) is 0 Å². The zero-order valence-corrected chi connectivity index (χ0v) is 12.3. The number of ether oxygens (including phenoxy) is 1. The molecule has 0 aliphatic carbocycles. The number of carbonyl (C=O) groups excluding carboxylic acids is 1. The first-order chi connectivity index (χ1) is 10.3. The topological polar surface area (TPSA) is 39.2 Å². The molecule has 0 amide bonds. The zero-order chi connectivity index (χ0) is 14.7. The van der Waals surface area contributed by atoms with Crippen molar-refractivity contribution in [2.45, 2.75) is 0 Å². The molecule has 0 aliphatic rings. The van der Waals surface area contributed by atoms with E-state index in [9.17, 15) is 4.79 Å². The summed E-state index contributed by atoms with van der Waals surface area (Å²) in [5.41, 5.74) is 2.70. The molecule has 104 valence electrons. The van der Waals surface area contributed by atoms with Gasteiger partial charge < -0.3 is 4.74 Å². The molecule has 0 saturated heterocycles. The molecule has 0 saturated carbocycles. The second-order valence-corrected chi connectivity index (χ2v) is 5.50. The molecule has 3 nitrogen and oxygen atoms in total. The lowest BCUT2D eigenvalue weighted by Gasteiger charge is -2.00. The van der Waals surface area contributed by atoms with Crippen molar-refractivity contribution in [2.75, 3.05) is 7.11 Å². The van der Waals surface area contributed by atoms with Crippen molar-refractivity contribution in [2.24, 2.45) is 0 Å². The molecule has 1 aromatic heterocycles. The van der Waals surface area contributed by atoms with Crippen LogP contribution >= 0.6 is 11.3 Å². The van der Waals surface area contributed by atoms with Gasteiger partial charge >= 0.3 is 5.97 Å². The first kappa shape index (κ1) is 13.5. The summed E-state index contributed by atoms with van der Waals surface area (Å²) < 4.78 is 4.69. The minimum Gasteiger partial charge on any atom is -0.465 e. The molecule has 3 aromatic rings. The molecule has 1 heterocycles. The highest BCUT2D eigenvalue weighted by Crippen LogP contribution is 2.31. The van der Waals surface area contributed by atoms with Crippen LogP contribution in [0.1, 0.15) is 10.4 Å². The van der Waals surface area contributed by atoms with Gasteiger partial charge in [0, 0.05) is 11.8 Å². The lowest BCUT2D eigenvalue weighted by Crippen LogP contribution is -2.00. The minimum absolute atomic E-state index is 0.328. The van der Waals surface area contributed by atoms with Crippen molar-refractivity contribution >= 4 is 17.3 Å². The number of thiazole rings is 1. The summed E-state index contributed by atoms with van der Waals surface area (Å²) in [5, 5.41) is 0.935. The lowest BCUT2D eigenvalue weighted by atomic mass is 10.1. The first-order valence-electron chi connectivity index (χ1n) is 6.48. The highest BCUT2D eigenvalue weighted by molar-refractivity contribution is 7.18. The fourth-order valence-corrected chi connectivity index (χ4v) is 2.94.